The van der Waals surface area contributed by atoms with Gasteiger partial charge in [-0.15, -0.1) is 0 Å². The molecule has 2 fully saturated rings. The molecule has 4 nitrogen and oxygen atoms in total. The van der Waals surface area contributed by atoms with Crippen LogP contribution < -0.4 is 0 Å². The van der Waals surface area contributed by atoms with Gasteiger partial charge in [-0.05, 0) is 37.1 Å². The Morgan fingerprint density at radius 2 is 2.00 bits per heavy atom. The van der Waals surface area contributed by atoms with E-state index >= 15 is 0 Å². The van der Waals surface area contributed by atoms with Crippen LogP contribution in [0.4, 0.5) is 0 Å². The molecule has 2 heterocycles. The first-order valence-corrected chi connectivity index (χ1v) is 8.39. The normalized spacial score (nSPS) is 24.4. The van der Waals surface area contributed by atoms with Crippen molar-refractivity contribution in [2.45, 2.75) is 37.8 Å². The molecule has 0 saturated carbocycles. The average Bonchev–Trinajstić information content (AvgIpc) is 3.26. The summed E-state index contributed by atoms with van der Waals surface area (Å²) in [6.45, 7) is 1.54. The molecular formula is C19H21NO3. The van der Waals surface area contributed by atoms with Crippen LogP contribution in [0.2, 0.25) is 0 Å². The number of carbonyl (C=O) groups is 1. The van der Waals surface area contributed by atoms with Gasteiger partial charge in [0.15, 0.2) is 0 Å². The smallest absolute Gasteiger partial charge is 0.257 e. The zero-order valence-corrected chi connectivity index (χ0v) is 13.1. The molecule has 120 valence electrons. The second-order valence-electron chi connectivity index (χ2n) is 6.44. The second-order valence-corrected chi connectivity index (χ2v) is 6.44. The van der Waals surface area contributed by atoms with Crippen molar-refractivity contribution in [1.82, 2.24) is 4.90 Å². The maximum Gasteiger partial charge on any atom is 0.257 e. The Hall–Kier alpha value is -2.07. The molecule has 2 saturated heterocycles. The van der Waals surface area contributed by atoms with E-state index in [1.54, 1.807) is 6.07 Å². The molecule has 2 aliphatic rings. The summed E-state index contributed by atoms with van der Waals surface area (Å²) in [7, 11) is 0. The van der Waals surface area contributed by atoms with E-state index in [0.29, 0.717) is 5.56 Å². The van der Waals surface area contributed by atoms with Crippen molar-refractivity contribution in [3.63, 3.8) is 0 Å². The maximum absolute atomic E-state index is 13.0. The van der Waals surface area contributed by atoms with Crippen LogP contribution in [-0.4, -0.2) is 41.2 Å². The van der Waals surface area contributed by atoms with E-state index in [9.17, 15) is 9.90 Å². The number of phenols is 1. The number of carbonyl (C=O) groups excluding carboxylic acids is 1. The number of rotatable bonds is 2. The quantitative estimate of drug-likeness (QED) is 0.925. The molecule has 2 aliphatic heterocycles. The monoisotopic (exact) mass is 311 g/mol. The minimum atomic E-state index is -0.0775. The molecule has 0 bridgehead atoms. The van der Waals surface area contributed by atoms with Gasteiger partial charge in [0.2, 0.25) is 0 Å². The Morgan fingerprint density at radius 3 is 2.83 bits per heavy atom. The third-order valence-electron chi connectivity index (χ3n) is 5.09. The van der Waals surface area contributed by atoms with E-state index in [4.69, 9.17) is 4.74 Å². The number of nitrogens with zero attached hydrogens (tertiary/aromatic N) is 1. The highest BCUT2D eigenvalue weighted by atomic mass is 16.5. The van der Waals surface area contributed by atoms with Crippen molar-refractivity contribution in [3.05, 3.63) is 42.0 Å². The Labute approximate surface area is 135 Å². The lowest BCUT2D eigenvalue weighted by Crippen LogP contribution is -2.42. The third-order valence-corrected chi connectivity index (χ3v) is 5.09. The number of hydrogen-bond acceptors (Lipinski definition) is 3. The highest BCUT2D eigenvalue weighted by molar-refractivity contribution is 6.03. The molecule has 2 aromatic rings. The second kappa shape index (κ2) is 5.85. The van der Waals surface area contributed by atoms with Crippen LogP contribution in [-0.2, 0) is 4.74 Å². The third kappa shape index (κ3) is 2.47. The fourth-order valence-corrected chi connectivity index (χ4v) is 3.92. The van der Waals surface area contributed by atoms with E-state index in [2.05, 4.69) is 0 Å². The van der Waals surface area contributed by atoms with Gasteiger partial charge in [0.1, 0.15) is 5.75 Å². The summed E-state index contributed by atoms with van der Waals surface area (Å²) in [6, 6.07) is 11.4. The number of phenolic OH excluding ortho intramolecular Hbond substituents is 1. The van der Waals surface area contributed by atoms with Crippen molar-refractivity contribution in [2.75, 3.05) is 13.2 Å². The first kappa shape index (κ1) is 14.5. The zero-order valence-electron chi connectivity index (χ0n) is 13.1. The summed E-state index contributed by atoms with van der Waals surface area (Å²) in [5.41, 5.74) is 0.397. The molecule has 0 aliphatic carbocycles. The molecule has 1 N–H and O–H groups in total. The fraction of sp³-hybridized carbons (Fsp3) is 0.421. The zero-order chi connectivity index (χ0) is 15.8. The molecule has 1 amide bonds. The van der Waals surface area contributed by atoms with Gasteiger partial charge in [0.05, 0.1) is 17.7 Å². The van der Waals surface area contributed by atoms with Gasteiger partial charge < -0.3 is 14.7 Å². The molecule has 0 spiro atoms. The van der Waals surface area contributed by atoms with E-state index in [0.717, 1.165) is 49.6 Å². The highest BCUT2D eigenvalue weighted by Gasteiger charge is 2.37. The number of hydrogen-bond donors (Lipinski definition) is 1. The van der Waals surface area contributed by atoms with Gasteiger partial charge in [-0.1, -0.05) is 30.3 Å². The maximum atomic E-state index is 13.0. The molecule has 4 heteroatoms. The van der Waals surface area contributed by atoms with Crippen LogP contribution in [0.15, 0.2) is 36.4 Å². The lowest BCUT2D eigenvalue weighted by Gasteiger charge is -2.29. The number of fused-ring (bicyclic) bond motifs is 1. The van der Waals surface area contributed by atoms with Crippen LogP contribution in [0.1, 0.15) is 36.0 Å². The van der Waals surface area contributed by atoms with Crippen molar-refractivity contribution in [3.8, 4) is 5.75 Å². The van der Waals surface area contributed by atoms with Crippen LogP contribution in [0, 0.1) is 0 Å². The lowest BCUT2D eigenvalue weighted by atomic mass is 10.0. The summed E-state index contributed by atoms with van der Waals surface area (Å²) in [5.74, 6) is 0.0114. The van der Waals surface area contributed by atoms with E-state index in [1.807, 2.05) is 35.2 Å². The topological polar surface area (TPSA) is 49.8 Å². The molecular weight excluding hydrogens is 290 g/mol. The molecule has 2 unspecified atom stereocenters. The number of ether oxygens (including phenoxy) is 1. The Kier molecular flexibility index (Phi) is 3.69. The Morgan fingerprint density at radius 1 is 1.13 bits per heavy atom. The number of amides is 1. The first-order valence-electron chi connectivity index (χ1n) is 8.39. The summed E-state index contributed by atoms with van der Waals surface area (Å²) >= 11 is 0. The molecule has 23 heavy (non-hydrogen) atoms. The fourth-order valence-electron chi connectivity index (χ4n) is 3.92. The van der Waals surface area contributed by atoms with Gasteiger partial charge in [-0.25, -0.2) is 0 Å². The number of likely N-dealkylation sites (tertiary alicyclic amines) is 1. The first-order chi connectivity index (χ1) is 11.3. The van der Waals surface area contributed by atoms with Gasteiger partial charge in [0.25, 0.3) is 5.91 Å². The standard InChI is InChI=1S/C19H21NO3/c21-18-14-6-2-1-5-13(14)9-10-15(18)19(22)20-11-3-7-16(20)17-8-4-12-23-17/h1-2,5-6,9-10,16-17,21H,3-4,7-8,11-12H2. The summed E-state index contributed by atoms with van der Waals surface area (Å²) < 4.78 is 5.80. The van der Waals surface area contributed by atoms with Crippen molar-refractivity contribution in [1.29, 1.82) is 0 Å². The van der Waals surface area contributed by atoms with Crippen molar-refractivity contribution < 1.29 is 14.6 Å². The minimum absolute atomic E-state index is 0.0775. The summed E-state index contributed by atoms with van der Waals surface area (Å²) in [5, 5.41) is 12.2. The largest absolute Gasteiger partial charge is 0.506 e. The Bertz CT molecular complexity index is 736. The van der Waals surface area contributed by atoms with Crippen LogP contribution >= 0.6 is 0 Å². The van der Waals surface area contributed by atoms with E-state index in [-0.39, 0.29) is 23.8 Å². The average molecular weight is 311 g/mol. The van der Waals surface area contributed by atoms with Crippen molar-refractivity contribution in [2.24, 2.45) is 0 Å². The number of aromatic hydroxyl groups is 1. The van der Waals surface area contributed by atoms with E-state index < -0.39 is 0 Å². The van der Waals surface area contributed by atoms with E-state index in [1.165, 1.54) is 0 Å². The predicted molar refractivity (Wildman–Crippen MR) is 88.6 cm³/mol. The molecule has 4 rings (SSSR count). The predicted octanol–water partition coefficient (Wildman–Crippen LogP) is 3.33. The van der Waals surface area contributed by atoms with Gasteiger partial charge >= 0.3 is 0 Å². The van der Waals surface area contributed by atoms with Crippen molar-refractivity contribution >= 4 is 16.7 Å². The lowest BCUT2D eigenvalue weighted by molar-refractivity contribution is 0.0339. The summed E-state index contributed by atoms with van der Waals surface area (Å²) in [6.07, 6.45) is 4.25. The number of benzene rings is 2. The van der Waals surface area contributed by atoms with Crippen LogP contribution in [0.3, 0.4) is 0 Å². The molecule has 0 aromatic heterocycles. The van der Waals surface area contributed by atoms with Crippen LogP contribution in [0.5, 0.6) is 5.75 Å². The van der Waals surface area contributed by atoms with Crippen LogP contribution in [0.25, 0.3) is 10.8 Å². The van der Waals surface area contributed by atoms with Gasteiger partial charge in [-0.2, -0.15) is 0 Å². The van der Waals surface area contributed by atoms with Gasteiger partial charge in [-0.3, -0.25) is 4.79 Å². The summed E-state index contributed by atoms with van der Waals surface area (Å²) in [4.78, 5) is 14.9. The SMILES string of the molecule is O=C(c1ccc2ccccc2c1O)N1CCCC1C1CCCO1. The highest BCUT2D eigenvalue weighted by Crippen LogP contribution is 2.33. The molecule has 2 aromatic carbocycles. The minimum Gasteiger partial charge on any atom is -0.506 e. The van der Waals surface area contributed by atoms with Gasteiger partial charge in [0, 0.05) is 18.5 Å². The Balaban J connectivity index is 1.67. The molecule has 2 atom stereocenters. The molecule has 0 radical (unpaired) electrons.